The normalized spacial score (nSPS) is 17.4. The Morgan fingerprint density at radius 1 is 1.08 bits per heavy atom. The van der Waals surface area contributed by atoms with Gasteiger partial charge in [0.2, 0.25) is 11.7 Å². The summed E-state index contributed by atoms with van der Waals surface area (Å²) in [6, 6.07) is 9.44. The fourth-order valence-corrected chi connectivity index (χ4v) is 4.83. The van der Waals surface area contributed by atoms with Gasteiger partial charge in [-0.15, -0.1) is 5.10 Å². The van der Waals surface area contributed by atoms with E-state index in [0.29, 0.717) is 13.0 Å². The second-order valence-electron chi connectivity index (χ2n) is 10.8. The lowest BCUT2D eigenvalue weighted by molar-refractivity contribution is -0.128. The molecule has 2 aromatic rings. The highest BCUT2D eigenvalue weighted by atomic mass is 16.4. The molecule has 0 unspecified atom stereocenters. The number of aryl methyl sites for hydroxylation is 1. The quantitative estimate of drug-likeness (QED) is 0.330. The van der Waals surface area contributed by atoms with E-state index in [1.807, 2.05) is 33.8 Å². The van der Waals surface area contributed by atoms with Crippen molar-refractivity contribution >= 4 is 11.7 Å². The summed E-state index contributed by atoms with van der Waals surface area (Å²) in [4.78, 5) is 41.0. The van der Waals surface area contributed by atoms with E-state index in [9.17, 15) is 14.4 Å². The lowest BCUT2D eigenvalue weighted by Crippen LogP contribution is -2.53. The SMILES string of the molecule is CC(C)C[C@H](NC(=O)[C@@H]1CCCCN1CCCCc1ccccc1)C(=O)c1nn(CC(C)C)c(=O)o1. The molecular formula is C28H42N4O4. The zero-order valence-corrected chi connectivity index (χ0v) is 22.2. The highest BCUT2D eigenvalue weighted by molar-refractivity contribution is 5.99. The Labute approximate surface area is 214 Å². The van der Waals surface area contributed by atoms with Gasteiger partial charge in [0.1, 0.15) is 0 Å². The molecule has 36 heavy (non-hydrogen) atoms. The summed E-state index contributed by atoms with van der Waals surface area (Å²) in [5, 5.41) is 7.10. The van der Waals surface area contributed by atoms with Crippen molar-refractivity contribution in [2.75, 3.05) is 13.1 Å². The van der Waals surface area contributed by atoms with Gasteiger partial charge in [0.05, 0.1) is 18.6 Å². The number of nitrogens with zero attached hydrogens (tertiary/aromatic N) is 3. The number of amides is 1. The average molecular weight is 499 g/mol. The van der Waals surface area contributed by atoms with E-state index in [0.717, 1.165) is 51.6 Å². The number of ketones is 1. The third-order valence-corrected chi connectivity index (χ3v) is 6.62. The standard InChI is InChI=1S/C28H42N4O4/c1-20(2)18-23(25(33)27-30-32(19-21(3)4)28(35)36-27)29-26(34)24-15-9-11-17-31(24)16-10-8-14-22-12-6-5-7-13-22/h5-7,12-13,20-21,23-24H,8-11,14-19H2,1-4H3,(H,29,34)/t23-,24-/m0/s1. The number of carbonyl (C=O) groups excluding carboxylic acids is 2. The number of hydrogen-bond donors (Lipinski definition) is 1. The second-order valence-corrected chi connectivity index (χ2v) is 10.8. The largest absolute Gasteiger partial charge is 0.437 e. The van der Waals surface area contributed by atoms with Gasteiger partial charge in [-0.05, 0) is 69.0 Å². The van der Waals surface area contributed by atoms with Crippen LogP contribution in [0, 0.1) is 11.8 Å². The summed E-state index contributed by atoms with van der Waals surface area (Å²) in [6.07, 6.45) is 6.43. The number of likely N-dealkylation sites (tertiary alicyclic amines) is 1. The van der Waals surface area contributed by atoms with Gasteiger partial charge in [0, 0.05) is 0 Å². The number of hydrogen-bond acceptors (Lipinski definition) is 6. The van der Waals surface area contributed by atoms with E-state index in [2.05, 4.69) is 39.6 Å². The Hall–Kier alpha value is -2.74. The molecule has 0 aliphatic carbocycles. The summed E-state index contributed by atoms with van der Waals surface area (Å²) < 4.78 is 6.36. The number of aromatic nitrogens is 2. The topological polar surface area (TPSA) is 97.4 Å². The van der Waals surface area contributed by atoms with E-state index in [-0.39, 0.29) is 29.7 Å². The summed E-state index contributed by atoms with van der Waals surface area (Å²) in [6.45, 7) is 10.0. The smallest absolute Gasteiger partial charge is 0.384 e. The first-order valence-corrected chi connectivity index (χ1v) is 13.4. The van der Waals surface area contributed by atoms with Crippen molar-refractivity contribution in [3.8, 4) is 0 Å². The van der Waals surface area contributed by atoms with Gasteiger partial charge in [-0.2, -0.15) is 4.68 Å². The molecule has 0 bridgehead atoms. The van der Waals surface area contributed by atoms with Crippen LogP contribution in [0.3, 0.4) is 0 Å². The molecule has 8 heteroatoms. The molecule has 2 atom stereocenters. The van der Waals surface area contributed by atoms with Crippen LogP contribution in [-0.4, -0.2) is 51.5 Å². The molecule has 1 aromatic carbocycles. The Morgan fingerprint density at radius 2 is 1.83 bits per heavy atom. The predicted octanol–water partition coefficient (Wildman–Crippen LogP) is 4.08. The van der Waals surface area contributed by atoms with Crippen molar-refractivity contribution in [3.05, 3.63) is 52.3 Å². The van der Waals surface area contributed by atoms with Crippen LogP contribution in [0.5, 0.6) is 0 Å². The van der Waals surface area contributed by atoms with Gasteiger partial charge in [-0.3, -0.25) is 14.5 Å². The second kappa shape index (κ2) is 13.5. The first kappa shape index (κ1) is 27.8. The molecule has 1 amide bonds. The lowest BCUT2D eigenvalue weighted by atomic mass is 9.97. The minimum atomic E-state index is -0.773. The first-order valence-electron chi connectivity index (χ1n) is 13.4. The molecule has 1 aromatic heterocycles. The van der Waals surface area contributed by atoms with Crippen LogP contribution in [0.25, 0.3) is 0 Å². The molecule has 0 radical (unpaired) electrons. The summed E-state index contributed by atoms with van der Waals surface area (Å²) >= 11 is 0. The molecule has 198 valence electrons. The highest BCUT2D eigenvalue weighted by Gasteiger charge is 2.33. The Kier molecular flexibility index (Phi) is 10.5. The predicted molar refractivity (Wildman–Crippen MR) is 140 cm³/mol. The van der Waals surface area contributed by atoms with Crippen molar-refractivity contribution < 1.29 is 14.0 Å². The summed E-state index contributed by atoms with van der Waals surface area (Å²) in [5.74, 6) is -1.08. The fourth-order valence-electron chi connectivity index (χ4n) is 4.83. The van der Waals surface area contributed by atoms with E-state index >= 15 is 0 Å². The molecule has 1 aliphatic heterocycles. The molecule has 0 spiro atoms. The third-order valence-electron chi connectivity index (χ3n) is 6.62. The first-order chi connectivity index (χ1) is 17.2. The van der Waals surface area contributed by atoms with Crippen LogP contribution in [0.15, 0.2) is 39.5 Å². The van der Waals surface area contributed by atoms with Gasteiger partial charge in [0.25, 0.3) is 5.89 Å². The average Bonchev–Trinajstić information content (AvgIpc) is 3.20. The lowest BCUT2D eigenvalue weighted by Gasteiger charge is -2.35. The van der Waals surface area contributed by atoms with Gasteiger partial charge in [0.15, 0.2) is 0 Å². The molecule has 1 aliphatic rings. The minimum Gasteiger partial charge on any atom is -0.384 e. The maximum absolute atomic E-state index is 13.4. The highest BCUT2D eigenvalue weighted by Crippen LogP contribution is 2.19. The van der Waals surface area contributed by atoms with Crippen LogP contribution in [0.4, 0.5) is 0 Å². The molecule has 1 N–H and O–H groups in total. The zero-order valence-electron chi connectivity index (χ0n) is 22.2. The maximum atomic E-state index is 13.4. The van der Waals surface area contributed by atoms with Crippen LogP contribution >= 0.6 is 0 Å². The number of Topliss-reactive ketones (excluding diaryl/α,β-unsaturated/α-hetero) is 1. The van der Waals surface area contributed by atoms with Gasteiger partial charge in [-0.25, -0.2) is 4.79 Å². The summed E-state index contributed by atoms with van der Waals surface area (Å²) in [5.41, 5.74) is 1.34. The van der Waals surface area contributed by atoms with E-state index in [1.165, 1.54) is 10.2 Å². The monoisotopic (exact) mass is 498 g/mol. The molecule has 2 heterocycles. The number of benzene rings is 1. The zero-order chi connectivity index (χ0) is 26.1. The number of rotatable bonds is 13. The Bertz CT molecular complexity index is 1030. The van der Waals surface area contributed by atoms with E-state index < -0.39 is 17.6 Å². The molecule has 8 nitrogen and oxygen atoms in total. The van der Waals surface area contributed by atoms with Crippen molar-refractivity contribution in [2.45, 2.75) is 91.3 Å². The van der Waals surface area contributed by atoms with Gasteiger partial charge < -0.3 is 9.73 Å². The Morgan fingerprint density at radius 3 is 2.53 bits per heavy atom. The fraction of sp³-hybridized carbons (Fsp3) is 0.643. The maximum Gasteiger partial charge on any atom is 0.437 e. The Balaban J connectivity index is 1.62. The van der Waals surface area contributed by atoms with Crippen LogP contribution < -0.4 is 11.1 Å². The van der Waals surface area contributed by atoms with Crippen molar-refractivity contribution in [2.24, 2.45) is 11.8 Å². The molecular weight excluding hydrogens is 456 g/mol. The van der Waals surface area contributed by atoms with Crippen molar-refractivity contribution in [3.63, 3.8) is 0 Å². The van der Waals surface area contributed by atoms with Crippen molar-refractivity contribution in [1.29, 1.82) is 0 Å². The number of unbranched alkanes of at least 4 members (excludes halogenated alkanes) is 1. The number of piperidine rings is 1. The van der Waals surface area contributed by atoms with Crippen molar-refractivity contribution in [1.82, 2.24) is 20.0 Å². The summed E-state index contributed by atoms with van der Waals surface area (Å²) in [7, 11) is 0. The molecule has 1 saturated heterocycles. The third kappa shape index (κ3) is 8.15. The number of nitrogens with one attached hydrogen (secondary N) is 1. The van der Waals surface area contributed by atoms with Crippen LogP contribution in [0.2, 0.25) is 0 Å². The molecule has 3 rings (SSSR count). The van der Waals surface area contributed by atoms with E-state index in [1.54, 1.807) is 0 Å². The van der Waals surface area contributed by atoms with Gasteiger partial charge >= 0.3 is 5.76 Å². The molecule has 1 fully saturated rings. The van der Waals surface area contributed by atoms with Gasteiger partial charge in [-0.1, -0.05) is 64.4 Å². The van der Waals surface area contributed by atoms with Crippen LogP contribution in [-0.2, 0) is 17.8 Å². The molecule has 0 saturated carbocycles. The van der Waals surface area contributed by atoms with E-state index in [4.69, 9.17) is 4.42 Å². The van der Waals surface area contributed by atoms with Crippen LogP contribution in [0.1, 0.15) is 82.5 Å². The number of carbonyl (C=O) groups is 2. The minimum absolute atomic E-state index is 0.124.